The highest BCUT2D eigenvalue weighted by molar-refractivity contribution is 9.10. The number of carbonyl (C=O) groups excluding carboxylic acids is 1. The molecule has 1 amide bonds. The van der Waals surface area contributed by atoms with Gasteiger partial charge in [0, 0.05) is 16.6 Å². The van der Waals surface area contributed by atoms with Crippen molar-refractivity contribution >= 4 is 38.6 Å². The van der Waals surface area contributed by atoms with Gasteiger partial charge in [0.25, 0.3) is 0 Å². The number of aromatic nitrogens is 2. The third-order valence-corrected chi connectivity index (χ3v) is 6.90. The van der Waals surface area contributed by atoms with Crippen LogP contribution in [0.2, 0.25) is 0 Å². The first-order valence-corrected chi connectivity index (χ1v) is 13.7. The number of benzene rings is 3. The van der Waals surface area contributed by atoms with E-state index in [2.05, 4.69) is 26.1 Å². The Morgan fingerprint density at radius 3 is 2.72 bits per heavy atom. The van der Waals surface area contributed by atoms with Gasteiger partial charge in [-0.1, -0.05) is 51.4 Å². The molecule has 0 radical (unpaired) electrons. The number of hydrogen-bond acceptors (Lipinski definition) is 6. The standard InChI is InChI=1S/C30H31BrN4O4/c1-19(32-29(36)38-30(2,3)4)35-14-6-9-26(35)28-33-27(34-39-28)23-11-10-22-17-25(13-12-21(22)16-23)37-18-20-7-5-8-24(31)15-20/h5,7-8,10-13,15-17,26H,6,9,14,18H2,1-4H3/t26-/m0/s1. The molecule has 4 aromatic rings. The maximum atomic E-state index is 12.2. The van der Waals surface area contributed by atoms with Crippen molar-refractivity contribution in [2.75, 3.05) is 6.54 Å². The molecule has 2 heterocycles. The minimum absolute atomic E-state index is 0.136. The van der Waals surface area contributed by atoms with E-state index in [1.807, 2.05) is 86.3 Å². The topological polar surface area (TPSA) is 90.0 Å². The van der Waals surface area contributed by atoms with Crippen LogP contribution in [0.4, 0.5) is 4.79 Å². The summed E-state index contributed by atoms with van der Waals surface area (Å²) in [5.74, 6) is 2.42. The molecule has 202 valence electrons. The number of aliphatic imine (C=N–C) groups is 1. The average molecular weight is 592 g/mol. The lowest BCUT2D eigenvalue weighted by molar-refractivity contribution is 0.0601. The molecular weight excluding hydrogens is 560 g/mol. The van der Waals surface area contributed by atoms with Crippen molar-refractivity contribution in [1.82, 2.24) is 15.0 Å². The second-order valence-electron chi connectivity index (χ2n) is 10.6. The number of halogens is 1. The van der Waals surface area contributed by atoms with Crippen molar-refractivity contribution in [3.8, 4) is 17.1 Å². The highest BCUT2D eigenvalue weighted by atomic mass is 79.9. The molecule has 0 bridgehead atoms. The van der Waals surface area contributed by atoms with Gasteiger partial charge < -0.3 is 18.9 Å². The molecule has 1 aromatic heterocycles. The fourth-order valence-corrected chi connectivity index (χ4v) is 5.07. The Morgan fingerprint density at radius 2 is 1.92 bits per heavy atom. The Bertz CT molecular complexity index is 1520. The number of ether oxygens (including phenoxy) is 2. The van der Waals surface area contributed by atoms with Gasteiger partial charge in [0.1, 0.15) is 29.8 Å². The molecule has 3 aromatic carbocycles. The van der Waals surface area contributed by atoms with E-state index in [1.165, 1.54) is 0 Å². The summed E-state index contributed by atoms with van der Waals surface area (Å²) in [4.78, 5) is 23.1. The molecule has 0 unspecified atom stereocenters. The van der Waals surface area contributed by atoms with Crippen LogP contribution in [0.3, 0.4) is 0 Å². The molecule has 5 rings (SSSR count). The van der Waals surface area contributed by atoms with Gasteiger partial charge in [-0.05, 0) is 87.2 Å². The van der Waals surface area contributed by atoms with Gasteiger partial charge in [-0.15, -0.1) is 0 Å². The number of carbonyl (C=O) groups is 1. The summed E-state index contributed by atoms with van der Waals surface area (Å²) in [5, 5.41) is 6.37. The van der Waals surface area contributed by atoms with Crippen LogP contribution in [0.25, 0.3) is 22.2 Å². The van der Waals surface area contributed by atoms with Crippen molar-refractivity contribution < 1.29 is 18.8 Å². The molecule has 1 aliphatic heterocycles. The van der Waals surface area contributed by atoms with Crippen LogP contribution in [0.15, 0.2) is 74.7 Å². The SMILES string of the molecule is CC(=NC(=O)OC(C)(C)C)N1CCC[C@H]1c1nc(-c2ccc3cc(OCc4cccc(Br)c4)ccc3c2)no1. The summed E-state index contributed by atoms with van der Waals surface area (Å²) in [7, 11) is 0. The molecule has 1 atom stereocenters. The summed E-state index contributed by atoms with van der Waals surface area (Å²) in [6.45, 7) is 8.51. The van der Waals surface area contributed by atoms with E-state index < -0.39 is 11.7 Å². The Hall–Kier alpha value is -3.72. The number of amides is 1. The third kappa shape index (κ3) is 6.65. The van der Waals surface area contributed by atoms with Crippen LogP contribution in [-0.2, 0) is 11.3 Å². The monoisotopic (exact) mass is 590 g/mol. The average Bonchev–Trinajstić information content (AvgIpc) is 3.56. The number of likely N-dealkylation sites (tertiary alicyclic amines) is 1. The number of fused-ring (bicyclic) bond motifs is 1. The molecule has 0 N–H and O–H groups in total. The Labute approximate surface area is 236 Å². The summed E-state index contributed by atoms with van der Waals surface area (Å²) in [6, 6.07) is 20.0. The van der Waals surface area contributed by atoms with Gasteiger partial charge in [0.2, 0.25) is 11.7 Å². The van der Waals surface area contributed by atoms with Gasteiger partial charge in [0.15, 0.2) is 0 Å². The van der Waals surface area contributed by atoms with E-state index in [-0.39, 0.29) is 6.04 Å². The van der Waals surface area contributed by atoms with Crippen LogP contribution >= 0.6 is 15.9 Å². The summed E-state index contributed by atoms with van der Waals surface area (Å²) in [6.07, 6.45) is 1.17. The first-order valence-electron chi connectivity index (χ1n) is 12.9. The molecule has 39 heavy (non-hydrogen) atoms. The van der Waals surface area contributed by atoms with Gasteiger partial charge in [-0.2, -0.15) is 9.98 Å². The van der Waals surface area contributed by atoms with E-state index in [9.17, 15) is 4.79 Å². The molecule has 9 heteroatoms. The van der Waals surface area contributed by atoms with Crippen molar-refractivity contribution in [3.05, 3.63) is 76.6 Å². The Balaban J connectivity index is 1.29. The number of nitrogens with zero attached hydrogens (tertiary/aromatic N) is 4. The molecular formula is C30H31BrN4O4. The molecule has 8 nitrogen and oxygen atoms in total. The smallest absolute Gasteiger partial charge is 0.435 e. The summed E-state index contributed by atoms with van der Waals surface area (Å²) in [5.41, 5.74) is 1.37. The van der Waals surface area contributed by atoms with Gasteiger partial charge >= 0.3 is 6.09 Å². The number of rotatable bonds is 5. The molecule has 0 spiro atoms. The summed E-state index contributed by atoms with van der Waals surface area (Å²) >= 11 is 3.50. The zero-order chi connectivity index (χ0) is 27.6. The first kappa shape index (κ1) is 26.9. The van der Waals surface area contributed by atoms with Gasteiger partial charge in [0.05, 0.1) is 0 Å². The van der Waals surface area contributed by atoms with Gasteiger partial charge in [-0.3, -0.25) is 0 Å². The predicted molar refractivity (Wildman–Crippen MR) is 154 cm³/mol. The van der Waals surface area contributed by atoms with Gasteiger partial charge in [-0.25, -0.2) is 4.79 Å². The van der Waals surface area contributed by atoms with E-state index in [4.69, 9.17) is 19.0 Å². The van der Waals surface area contributed by atoms with Crippen LogP contribution < -0.4 is 4.74 Å². The molecule has 0 aliphatic carbocycles. The highest BCUT2D eigenvalue weighted by Gasteiger charge is 2.32. The lowest BCUT2D eigenvalue weighted by atomic mass is 10.1. The minimum Gasteiger partial charge on any atom is -0.489 e. The fraction of sp³-hybridized carbons (Fsp3) is 0.333. The van der Waals surface area contributed by atoms with Crippen LogP contribution in [0.5, 0.6) is 5.75 Å². The minimum atomic E-state index is -0.602. The number of amidine groups is 1. The van der Waals surface area contributed by atoms with Crippen molar-refractivity contribution in [3.63, 3.8) is 0 Å². The third-order valence-electron chi connectivity index (χ3n) is 6.41. The van der Waals surface area contributed by atoms with E-state index in [0.29, 0.717) is 24.2 Å². The van der Waals surface area contributed by atoms with Crippen molar-refractivity contribution in [2.45, 2.75) is 58.8 Å². The normalized spacial score (nSPS) is 16.1. The lowest BCUT2D eigenvalue weighted by Gasteiger charge is -2.24. The van der Waals surface area contributed by atoms with Crippen molar-refractivity contribution in [1.29, 1.82) is 0 Å². The predicted octanol–water partition coefficient (Wildman–Crippen LogP) is 7.72. The van der Waals surface area contributed by atoms with E-state index >= 15 is 0 Å². The zero-order valence-corrected chi connectivity index (χ0v) is 24.1. The van der Waals surface area contributed by atoms with Crippen molar-refractivity contribution in [2.24, 2.45) is 4.99 Å². The number of hydrogen-bond donors (Lipinski definition) is 0. The maximum absolute atomic E-state index is 12.2. The summed E-state index contributed by atoms with van der Waals surface area (Å²) < 4.78 is 18.1. The second-order valence-corrected chi connectivity index (χ2v) is 11.5. The van der Waals surface area contributed by atoms with Crippen LogP contribution in [-0.4, -0.2) is 39.1 Å². The largest absolute Gasteiger partial charge is 0.489 e. The molecule has 0 saturated carbocycles. The molecule has 1 aliphatic rings. The molecule has 1 fully saturated rings. The molecule has 1 saturated heterocycles. The Kier molecular flexibility index (Phi) is 7.70. The van der Waals surface area contributed by atoms with E-state index in [0.717, 1.165) is 51.5 Å². The highest BCUT2D eigenvalue weighted by Crippen LogP contribution is 2.33. The lowest BCUT2D eigenvalue weighted by Crippen LogP contribution is -2.30. The fourth-order valence-electron chi connectivity index (χ4n) is 4.63. The van der Waals surface area contributed by atoms with Crippen LogP contribution in [0.1, 0.15) is 58.0 Å². The zero-order valence-electron chi connectivity index (χ0n) is 22.5. The van der Waals surface area contributed by atoms with Crippen LogP contribution in [0, 0.1) is 0 Å². The Morgan fingerprint density at radius 1 is 1.13 bits per heavy atom. The second kappa shape index (κ2) is 11.2. The first-order chi connectivity index (χ1) is 18.6. The van der Waals surface area contributed by atoms with E-state index in [1.54, 1.807) is 6.92 Å². The quantitative estimate of drug-likeness (QED) is 0.173. The maximum Gasteiger partial charge on any atom is 0.435 e.